The van der Waals surface area contributed by atoms with Gasteiger partial charge in [0.2, 0.25) is 0 Å². The summed E-state index contributed by atoms with van der Waals surface area (Å²) in [6.07, 6.45) is 5.36. The molecule has 2 aromatic rings. The SMILES string of the molecule is CCOc1cccc(C(=O)NCC(c2ccco2)N2CCCCC2)c1.Cl. The van der Waals surface area contributed by atoms with Crippen LogP contribution < -0.4 is 10.1 Å². The van der Waals surface area contributed by atoms with Crippen molar-refractivity contribution in [3.8, 4) is 5.75 Å². The molecule has 1 aromatic carbocycles. The Labute approximate surface area is 161 Å². The van der Waals surface area contributed by atoms with Crippen molar-refractivity contribution < 1.29 is 13.9 Å². The number of ether oxygens (including phenoxy) is 1. The second-order valence-electron chi connectivity index (χ2n) is 6.30. The molecule has 1 aliphatic heterocycles. The Bertz CT molecular complexity index is 669. The van der Waals surface area contributed by atoms with Gasteiger partial charge in [0.05, 0.1) is 18.9 Å². The van der Waals surface area contributed by atoms with Crippen LogP contribution in [0.5, 0.6) is 5.75 Å². The normalized spacial score (nSPS) is 15.7. The van der Waals surface area contributed by atoms with E-state index >= 15 is 0 Å². The molecule has 5 nitrogen and oxygen atoms in total. The third kappa shape index (κ3) is 5.26. The number of rotatable bonds is 7. The topological polar surface area (TPSA) is 54.7 Å². The Kier molecular flexibility index (Phi) is 8.01. The van der Waals surface area contributed by atoms with Crippen LogP contribution in [0.3, 0.4) is 0 Å². The summed E-state index contributed by atoms with van der Waals surface area (Å²) >= 11 is 0. The van der Waals surface area contributed by atoms with Gasteiger partial charge >= 0.3 is 0 Å². The molecule has 1 unspecified atom stereocenters. The van der Waals surface area contributed by atoms with Crippen LogP contribution in [0.1, 0.15) is 48.3 Å². The summed E-state index contributed by atoms with van der Waals surface area (Å²) in [5.41, 5.74) is 0.614. The predicted molar refractivity (Wildman–Crippen MR) is 104 cm³/mol. The molecule has 0 spiro atoms. The van der Waals surface area contributed by atoms with Gasteiger partial charge in [0.25, 0.3) is 5.91 Å². The summed E-state index contributed by atoms with van der Waals surface area (Å²) in [7, 11) is 0. The van der Waals surface area contributed by atoms with Crippen molar-refractivity contribution in [2.75, 3.05) is 26.2 Å². The molecule has 1 atom stereocenters. The number of nitrogens with one attached hydrogen (secondary N) is 1. The Morgan fingerprint density at radius 3 is 2.73 bits per heavy atom. The molecule has 3 rings (SSSR count). The number of likely N-dealkylation sites (tertiary alicyclic amines) is 1. The Balaban J connectivity index is 0.00000243. The smallest absolute Gasteiger partial charge is 0.251 e. The number of amides is 1. The van der Waals surface area contributed by atoms with Gasteiger partial charge in [0, 0.05) is 12.1 Å². The largest absolute Gasteiger partial charge is 0.494 e. The summed E-state index contributed by atoms with van der Waals surface area (Å²) in [4.78, 5) is 14.9. The molecule has 1 amide bonds. The van der Waals surface area contributed by atoms with Gasteiger partial charge in [-0.05, 0) is 63.2 Å². The van der Waals surface area contributed by atoms with Crippen LogP contribution in [0, 0.1) is 0 Å². The molecule has 0 aliphatic carbocycles. The molecular weight excluding hydrogens is 352 g/mol. The first-order chi connectivity index (χ1) is 12.3. The van der Waals surface area contributed by atoms with Crippen LogP contribution in [0.2, 0.25) is 0 Å². The van der Waals surface area contributed by atoms with E-state index in [0.29, 0.717) is 24.5 Å². The number of halogens is 1. The van der Waals surface area contributed by atoms with E-state index in [1.54, 1.807) is 18.4 Å². The van der Waals surface area contributed by atoms with E-state index in [2.05, 4.69) is 10.2 Å². The zero-order valence-corrected chi connectivity index (χ0v) is 16.0. The van der Waals surface area contributed by atoms with E-state index in [0.717, 1.165) is 18.8 Å². The Hall–Kier alpha value is -1.98. The average Bonchev–Trinajstić information content (AvgIpc) is 3.18. The summed E-state index contributed by atoms with van der Waals surface area (Å²) in [6.45, 7) is 5.13. The van der Waals surface area contributed by atoms with Crippen LogP contribution in [0.15, 0.2) is 47.1 Å². The minimum Gasteiger partial charge on any atom is -0.494 e. The highest BCUT2D eigenvalue weighted by Crippen LogP contribution is 2.24. The molecule has 1 N–H and O–H groups in total. The summed E-state index contributed by atoms with van der Waals surface area (Å²) in [5, 5.41) is 3.06. The number of hydrogen-bond acceptors (Lipinski definition) is 4. The van der Waals surface area contributed by atoms with Gasteiger partial charge in [-0.25, -0.2) is 0 Å². The van der Waals surface area contributed by atoms with Crippen molar-refractivity contribution >= 4 is 18.3 Å². The zero-order valence-electron chi connectivity index (χ0n) is 15.1. The van der Waals surface area contributed by atoms with Crippen LogP contribution >= 0.6 is 12.4 Å². The second kappa shape index (κ2) is 10.2. The average molecular weight is 379 g/mol. The van der Waals surface area contributed by atoms with E-state index in [1.807, 2.05) is 31.2 Å². The molecule has 142 valence electrons. The lowest BCUT2D eigenvalue weighted by atomic mass is 10.1. The van der Waals surface area contributed by atoms with Gasteiger partial charge in [-0.15, -0.1) is 12.4 Å². The molecule has 6 heteroatoms. The van der Waals surface area contributed by atoms with E-state index in [4.69, 9.17) is 9.15 Å². The van der Waals surface area contributed by atoms with Crippen molar-refractivity contribution in [2.45, 2.75) is 32.2 Å². The van der Waals surface area contributed by atoms with Crippen molar-refractivity contribution in [3.63, 3.8) is 0 Å². The van der Waals surface area contributed by atoms with Crippen LogP contribution in [-0.4, -0.2) is 37.0 Å². The fourth-order valence-electron chi connectivity index (χ4n) is 3.31. The van der Waals surface area contributed by atoms with Gasteiger partial charge in [-0.2, -0.15) is 0 Å². The molecule has 1 aliphatic rings. The molecule has 1 fully saturated rings. The molecule has 26 heavy (non-hydrogen) atoms. The number of nitrogens with zero attached hydrogens (tertiary/aromatic N) is 1. The van der Waals surface area contributed by atoms with E-state index in [9.17, 15) is 4.79 Å². The number of carbonyl (C=O) groups is 1. The number of benzene rings is 1. The number of carbonyl (C=O) groups excluding carboxylic acids is 1. The maximum atomic E-state index is 12.5. The maximum absolute atomic E-state index is 12.5. The fraction of sp³-hybridized carbons (Fsp3) is 0.450. The van der Waals surface area contributed by atoms with Crippen molar-refractivity contribution in [1.29, 1.82) is 0 Å². The summed E-state index contributed by atoms with van der Waals surface area (Å²) < 4.78 is 11.1. The minimum absolute atomic E-state index is 0. The van der Waals surface area contributed by atoms with Gasteiger partial charge in [0.15, 0.2) is 0 Å². The molecular formula is C20H27ClN2O3. The van der Waals surface area contributed by atoms with E-state index in [1.165, 1.54) is 19.3 Å². The molecule has 0 saturated carbocycles. The Morgan fingerprint density at radius 2 is 2.04 bits per heavy atom. The molecule has 1 saturated heterocycles. The first-order valence-corrected chi connectivity index (χ1v) is 9.06. The standard InChI is InChI=1S/C20H26N2O3.ClH/c1-2-24-17-9-6-8-16(14-17)20(23)21-15-18(19-10-7-13-25-19)22-11-4-3-5-12-22;/h6-10,13-14,18H,2-5,11-12,15H2,1H3,(H,21,23);1H. The fourth-order valence-corrected chi connectivity index (χ4v) is 3.31. The van der Waals surface area contributed by atoms with Crippen LogP contribution in [0.25, 0.3) is 0 Å². The number of hydrogen-bond donors (Lipinski definition) is 1. The highest BCUT2D eigenvalue weighted by molar-refractivity contribution is 5.94. The number of furan rings is 1. The highest BCUT2D eigenvalue weighted by Gasteiger charge is 2.25. The van der Waals surface area contributed by atoms with Crippen molar-refractivity contribution in [2.24, 2.45) is 0 Å². The lowest BCUT2D eigenvalue weighted by Crippen LogP contribution is -2.40. The predicted octanol–water partition coefficient (Wildman–Crippen LogP) is 4.06. The van der Waals surface area contributed by atoms with Gasteiger partial charge < -0.3 is 14.5 Å². The van der Waals surface area contributed by atoms with Crippen LogP contribution in [-0.2, 0) is 0 Å². The van der Waals surface area contributed by atoms with Crippen molar-refractivity contribution in [3.05, 3.63) is 54.0 Å². The number of piperidine rings is 1. The van der Waals surface area contributed by atoms with Crippen LogP contribution in [0.4, 0.5) is 0 Å². The summed E-state index contributed by atoms with van der Waals surface area (Å²) in [5.74, 6) is 1.54. The molecule has 0 bridgehead atoms. The lowest BCUT2D eigenvalue weighted by molar-refractivity contribution is 0.0913. The molecule has 0 radical (unpaired) electrons. The highest BCUT2D eigenvalue weighted by atomic mass is 35.5. The lowest BCUT2D eigenvalue weighted by Gasteiger charge is -2.33. The summed E-state index contributed by atoms with van der Waals surface area (Å²) in [6, 6.07) is 11.3. The third-order valence-electron chi connectivity index (χ3n) is 4.57. The van der Waals surface area contributed by atoms with Gasteiger partial charge in [0.1, 0.15) is 11.5 Å². The van der Waals surface area contributed by atoms with E-state index < -0.39 is 0 Å². The van der Waals surface area contributed by atoms with Crippen molar-refractivity contribution in [1.82, 2.24) is 10.2 Å². The Morgan fingerprint density at radius 1 is 1.23 bits per heavy atom. The second-order valence-corrected chi connectivity index (χ2v) is 6.30. The molecule has 2 heterocycles. The van der Waals surface area contributed by atoms with Gasteiger partial charge in [-0.3, -0.25) is 9.69 Å². The monoisotopic (exact) mass is 378 g/mol. The van der Waals surface area contributed by atoms with Gasteiger partial charge in [-0.1, -0.05) is 12.5 Å². The first-order valence-electron chi connectivity index (χ1n) is 9.06. The maximum Gasteiger partial charge on any atom is 0.251 e. The molecule has 1 aromatic heterocycles. The van der Waals surface area contributed by atoms with E-state index in [-0.39, 0.29) is 24.4 Å². The quantitative estimate of drug-likeness (QED) is 0.789. The minimum atomic E-state index is -0.0879. The first kappa shape index (κ1) is 20.3. The third-order valence-corrected chi connectivity index (χ3v) is 4.57. The zero-order chi connectivity index (χ0) is 17.5.